The van der Waals surface area contributed by atoms with Gasteiger partial charge in [0.15, 0.2) is 0 Å². The van der Waals surface area contributed by atoms with E-state index in [-0.39, 0.29) is 23.4 Å². The number of carbonyl (C=O) groups is 3. The summed E-state index contributed by atoms with van der Waals surface area (Å²) in [6, 6.07) is 8.65. The Labute approximate surface area is 190 Å². The number of ether oxygens (including phenoxy) is 3. The Balaban J connectivity index is 1.61. The molecule has 1 saturated heterocycles. The molecule has 2 aliphatic rings. The molecule has 1 aromatic carbocycles. The summed E-state index contributed by atoms with van der Waals surface area (Å²) < 4.78 is 17.2. The SMILES string of the molecule is CCC(=O)Oc1nn(-c2ccccc2)c([O-])c1/C=C/C=C1C(=O)OC2(CCCCC2)OC1=O. The van der Waals surface area contributed by atoms with Gasteiger partial charge in [-0.3, -0.25) is 4.79 Å². The van der Waals surface area contributed by atoms with E-state index in [1.165, 1.54) is 18.2 Å². The zero-order chi connectivity index (χ0) is 23.4. The van der Waals surface area contributed by atoms with Crippen molar-refractivity contribution < 1.29 is 33.7 Å². The number of hydrogen-bond donors (Lipinski definition) is 0. The Morgan fingerprint density at radius 1 is 1.15 bits per heavy atom. The highest BCUT2D eigenvalue weighted by Gasteiger charge is 2.46. The predicted molar refractivity (Wildman–Crippen MR) is 114 cm³/mol. The Bertz CT molecular complexity index is 1100. The van der Waals surface area contributed by atoms with Gasteiger partial charge in [0, 0.05) is 30.7 Å². The number of para-hydroxylation sites is 1. The molecule has 9 heteroatoms. The second kappa shape index (κ2) is 9.32. The largest absolute Gasteiger partial charge is 0.858 e. The molecule has 0 amide bonds. The fourth-order valence-electron chi connectivity index (χ4n) is 3.76. The highest BCUT2D eigenvalue weighted by molar-refractivity contribution is 6.15. The molecule has 2 fully saturated rings. The smallest absolute Gasteiger partial charge is 0.348 e. The predicted octanol–water partition coefficient (Wildman–Crippen LogP) is 2.96. The van der Waals surface area contributed by atoms with Gasteiger partial charge in [-0.05, 0) is 37.1 Å². The molecule has 1 spiro atoms. The van der Waals surface area contributed by atoms with Gasteiger partial charge in [-0.1, -0.05) is 37.6 Å². The molecule has 2 aromatic rings. The summed E-state index contributed by atoms with van der Waals surface area (Å²) in [6.07, 6.45) is 7.56. The van der Waals surface area contributed by atoms with E-state index >= 15 is 0 Å². The number of carbonyl (C=O) groups excluding carboxylic acids is 3. The normalized spacial score (nSPS) is 17.7. The third-order valence-corrected chi connectivity index (χ3v) is 5.48. The minimum Gasteiger partial charge on any atom is -0.858 e. The van der Waals surface area contributed by atoms with Crippen LogP contribution in [-0.4, -0.2) is 33.5 Å². The van der Waals surface area contributed by atoms with E-state index < -0.39 is 29.6 Å². The van der Waals surface area contributed by atoms with Crippen molar-refractivity contribution in [2.45, 2.75) is 51.2 Å². The van der Waals surface area contributed by atoms with Gasteiger partial charge in [-0.2, -0.15) is 0 Å². The first-order valence-corrected chi connectivity index (χ1v) is 10.8. The summed E-state index contributed by atoms with van der Waals surface area (Å²) in [5.41, 5.74) is 0.211. The van der Waals surface area contributed by atoms with Crippen molar-refractivity contribution in [3.05, 3.63) is 53.6 Å². The minimum absolute atomic E-state index is 0.00111. The fraction of sp³-hybridized carbons (Fsp3) is 0.333. The van der Waals surface area contributed by atoms with E-state index in [0.29, 0.717) is 18.5 Å². The highest BCUT2D eigenvalue weighted by atomic mass is 16.7. The van der Waals surface area contributed by atoms with E-state index in [0.717, 1.165) is 23.9 Å². The van der Waals surface area contributed by atoms with Crippen molar-refractivity contribution in [3.63, 3.8) is 0 Å². The first-order valence-electron chi connectivity index (χ1n) is 10.8. The Morgan fingerprint density at radius 2 is 1.82 bits per heavy atom. The van der Waals surface area contributed by atoms with E-state index in [2.05, 4.69) is 5.10 Å². The van der Waals surface area contributed by atoms with Crippen LogP contribution in [0.15, 0.2) is 48.1 Å². The molecule has 33 heavy (non-hydrogen) atoms. The molecule has 1 aromatic heterocycles. The number of allylic oxidation sites excluding steroid dienone is 2. The molecular formula is C24H23N2O7-. The monoisotopic (exact) mass is 451 g/mol. The van der Waals surface area contributed by atoms with E-state index in [1.807, 2.05) is 0 Å². The molecule has 1 aliphatic heterocycles. The molecular weight excluding hydrogens is 428 g/mol. The lowest BCUT2D eigenvalue weighted by Crippen LogP contribution is -2.47. The van der Waals surface area contributed by atoms with Crippen LogP contribution < -0.4 is 9.84 Å². The van der Waals surface area contributed by atoms with Crippen LogP contribution in [0.3, 0.4) is 0 Å². The molecule has 4 rings (SSSR count). The van der Waals surface area contributed by atoms with Gasteiger partial charge in [-0.15, -0.1) is 5.10 Å². The molecule has 1 aliphatic carbocycles. The Kier molecular flexibility index (Phi) is 6.30. The summed E-state index contributed by atoms with van der Waals surface area (Å²) in [4.78, 5) is 36.7. The Morgan fingerprint density at radius 3 is 2.45 bits per heavy atom. The lowest BCUT2D eigenvalue weighted by Gasteiger charge is -2.38. The standard InChI is InChI=1S/C24H24N2O7/c1-2-19(27)31-20-17(21(28)26(25-20)16-10-5-3-6-11-16)12-9-13-18-22(29)32-24(33-23(18)30)14-7-4-8-15-24/h3,5-6,9-13,28H,2,4,7-8,14-15H2,1H3/p-1/b12-9+. The summed E-state index contributed by atoms with van der Waals surface area (Å²) in [7, 11) is 0. The second-order valence-corrected chi connectivity index (χ2v) is 7.79. The first-order chi connectivity index (χ1) is 15.9. The Hall–Kier alpha value is -3.88. The van der Waals surface area contributed by atoms with Crippen molar-refractivity contribution in [1.29, 1.82) is 0 Å². The molecule has 0 atom stereocenters. The van der Waals surface area contributed by atoms with E-state index in [4.69, 9.17) is 14.2 Å². The summed E-state index contributed by atoms with van der Waals surface area (Å²) in [6.45, 7) is 1.62. The average molecular weight is 451 g/mol. The van der Waals surface area contributed by atoms with Gasteiger partial charge in [0.1, 0.15) is 5.57 Å². The van der Waals surface area contributed by atoms with Gasteiger partial charge in [0.2, 0.25) is 5.88 Å². The van der Waals surface area contributed by atoms with Crippen LogP contribution in [0, 0.1) is 0 Å². The van der Waals surface area contributed by atoms with E-state index in [1.54, 1.807) is 37.3 Å². The number of aromatic nitrogens is 2. The van der Waals surface area contributed by atoms with Crippen LogP contribution in [0.4, 0.5) is 0 Å². The fourth-order valence-corrected chi connectivity index (χ4v) is 3.76. The second-order valence-electron chi connectivity index (χ2n) is 7.79. The number of nitrogens with zero attached hydrogens (tertiary/aromatic N) is 2. The van der Waals surface area contributed by atoms with Gasteiger partial charge in [-0.25, -0.2) is 14.3 Å². The maximum absolute atomic E-state index is 12.9. The summed E-state index contributed by atoms with van der Waals surface area (Å²) in [5.74, 6) is -3.95. The number of hydrogen-bond acceptors (Lipinski definition) is 8. The zero-order valence-electron chi connectivity index (χ0n) is 18.1. The van der Waals surface area contributed by atoms with Gasteiger partial charge in [0.05, 0.1) is 5.69 Å². The van der Waals surface area contributed by atoms with Crippen LogP contribution in [0.2, 0.25) is 0 Å². The third kappa shape index (κ3) is 4.67. The maximum Gasteiger partial charge on any atom is 0.348 e. The minimum atomic E-state index is -1.17. The zero-order valence-corrected chi connectivity index (χ0v) is 18.1. The van der Waals surface area contributed by atoms with Gasteiger partial charge >= 0.3 is 17.9 Å². The summed E-state index contributed by atoms with van der Waals surface area (Å²) >= 11 is 0. The molecule has 0 unspecified atom stereocenters. The van der Waals surface area contributed by atoms with E-state index in [9.17, 15) is 19.5 Å². The first kappa shape index (κ1) is 22.3. The molecule has 0 bridgehead atoms. The van der Waals surface area contributed by atoms with Crippen molar-refractivity contribution in [2.24, 2.45) is 0 Å². The topological polar surface area (TPSA) is 120 Å². The quantitative estimate of drug-likeness (QED) is 0.387. The van der Waals surface area contributed by atoms with Crippen LogP contribution in [0.5, 0.6) is 11.8 Å². The van der Waals surface area contributed by atoms with Crippen LogP contribution in [0.25, 0.3) is 11.8 Å². The lowest BCUT2D eigenvalue weighted by molar-refractivity contribution is -0.278. The van der Waals surface area contributed by atoms with Crippen LogP contribution >= 0.6 is 0 Å². The molecule has 172 valence electrons. The number of benzene rings is 1. The molecule has 2 heterocycles. The van der Waals surface area contributed by atoms with Gasteiger partial charge in [0.25, 0.3) is 5.79 Å². The lowest BCUT2D eigenvalue weighted by atomic mass is 9.93. The molecule has 1 saturated carbocycles. The van der Waals surface area contributed by atoms with Crippen molar-refractivity contribution >= 4 is 24.0 Å². The molecule has 0 radical (unpaired) electrons. The molecule has 9 nitrogen and oxygen atoms in total. The van der Waals surface area contributed by atoms with Crippen LogP contribution in [0.1, 0.15) is 51.0 Å². The van der Waals surface area contributed by atoms with Crippen LogP contribution in [-0.2, 0) is 23.9 Å². The van der Waals surface area contributed by atoms with Crippen molar-refractivity contribution in [2.75, 3.05) is 0 Å². The summed E-state index contributed by atoms with van der Waals surface area (Å²) in [5, 5.41) is 17.1. The number of rotatable bonds is 5. The van der Waals surface area contributed by atoms with Crippen molar-refractivity contribution in [3.8, 4) is 17.4 Å². The number of esters is 3. The van der Waals surface area contributed by atoms with Crippen molar-refractivity contribution in [1.82, 2.24) is 9.78 Å². The molecule has 0 N–H and O–H groups in total. The third-order valence-electron chi connectivity index (χ3n) is 5.48. The highest BCUT2D eigenvalue weighted by Crippen LogP contribution is 2.37. The average Bonchev–Trinajstić information content (AvgIpc) is 3.11. The maximum atomic E-state index is 12.9. The van der Waals surface area contributed by atoms with Gasteiger partial charge < -0.3 is 19.3 Å².